The maximum absolute atomic E-state index is 13.6. The lowest BCUT2D eigenvalue weighted by molar-refractivity contribution is -0.139. The molecule has 0 saturated heterocycles. The summed E-state index contributed by atoms with van der Waals surface area (Å²) in [5.41, 5.74) is 1.17. The van der Waals surface area contributed by atoms with E-state index in [0.717, 1.165) is 17.9 Å². The third-order valence-corrected chi connectivity index (χ3v) is 8.44. The van der Waals surface area contributed by atoms with E-state index in [2.05, 4.69) is 43.8 Å². The molecule has 1 atom stereocenters. The number of rotatable bonds is 9. The number of carbonyl (C=O) groups is 2. The fourth-order valence-electron chi connectivity index (χ4n) is 3.43. The van der Waals surface area contributed by atoms with E-state index in [4.69, 9.17) is 0 Å². The molecule has 35 heavy (non-hydrogen) atoms. The van der Waals surface area contributed by atoms with Gasteiger partial charge in [0.05, 0.1) is 10.6 Å². The van der Waals surface area contributed by atoms with Crippen LogP contribution in [0.4, 0.5) is 5.69 Å². The van der Waals surface area contributed by atoms with Gasteiger partial charge in [0, 0.05) is 21.6 Å². The minimum atomic E-state index is -4.05. The highest BCUT2D eigenvalue weighted by molar-refractivity contribution is 14.1. The molecule has 2 amide bonds. The second-order valence-corrected chi connectivity index (χ2v) is 11.8. The monoisotopic (exact) mass is 669 g/mol. The summed E-state index contributed by atoms with van der Waals surface area (Å²) in [5.74, 6) is -0.843. The van der Waals surface area contributed by atoms with E-state index in [1.165, 1.54) is 24.1 Å². The van der Waals surface area contributed by atoms with Gasteiger partial charge in [-0.3, -0.25) is 13.9 Å². The second-order valence-electron chi connectivity index (χ2n) is 7.74. The molecule has 3 rings (SSSR count). The first-order chi connectivity index (χ1) is 16.6. The molecule has 0 aliphatic carbocycles. The lowest BCUT2D eigenvalue weighted by Crippen LogP contribution is -2.50. The molecule has 7 nitrogen and oxygen atoms in total. The summed E-state index contributed by atoms with van der Waals surface area (Å²) in [6.45, 7) is 1.30. The van der Waals surface area contributed by atoms with Crippen molar-refractivity contribution in [2.45, 2.75) is 24.4 Å². The van der Waals surface area contributed by atoms with E-state index in [-0.39, 0.29) is 17.3 Å². The highest BCUT2D eigenvalue weighted by Gasteiger charge is 2.32. The summed E-state index contributed by atoms with van der Waals surface area (Å²) < 4.78 is 30.1. The van der Waals surface area contributed by atoms with E-state index in [0.29, 0.717) is 5.69 Å². The number of amides is 2. The largest absolute Gasteiger partial charge is 0.357 e. The first kappa shape index (κ1) is 27.2. The third kappa shape index (κ3) is 6.83. The Morgan fingerprint density at radius 1 is 0.971 bits per heavy atom. The maximum atomic E-state index is 13.6. The molecule has 0 aromatic heterocycles. The number of sulfonamides is 1. The number of halogens is 2. The molecule has 0 radical (unpaired) electrons. The van der Waals surface area contributed by atoms with E-state index < -0.39 is 28.5 Å². The molecule has 0 heterocycles. The zero-order chi connectivity index (χ0) is 25.6. The van der Waals surface area contributed by atoms with Crippen molar-refractivity contribution < 1.29 is 18.0 Å². The summed E-state index contributed by atoms with van der Waals surface area (Å²) in [6.07, 6.45) is 0. The topological polar surface area (TPSA) is 86.8 Å². The van der Waals surface area contributed by atoms with Gasteiger partial charge in [0.25, 0.3) is 10.0 Å². The highest BCUT2D eigenvalue weighted by atomic mass is 127. The van der Waals surface area contributed by atoms with Gasteiger partial charge >= 0.3 is 0 Å². The summed E-state index contributed by atoms with van der Waals surface area (Å²) in [7, 11) is -2.55. The van der Waals surface area contributed by atoms with Crippen LogP contribution in [0, 0.1) is 3.57 Å². The zero-order valence-electron chi connectivity index (χ0n) is 19.2. The molecule has 0 aliphatic rings. The van der Waals surface area contributed by atoms with Crippen LogP contribution in [-0.4, -0.2) is 44.8 Å². The number of likely N-dealkylation sites (N-methyl/N-ethyl adjacent to an activating group) is 1. The van der Waals surface area contributed by atoms with Crippen molar-refractivity contribution in [2.75, 3.05) is 17.9 Å². The number of nitrogens with one attached hydrogen (secondary N) is 1. The van der Waals surface area contributed by atoms with Crippen molar-refractivity contribution in [1.82, 2.24) is 10.2 Å². The third-order valence-electron chi connectivity index (χ3n) is 5.40. The Morgan fingerprint density at radius 2 is 1.57 bits per heavy atom. The van der Waals surface area contributed by atoms with Crippen LogP contribution in [0.5, 0.6) is 0 Å². The Morgan fingerprint density at radius 3 is 2.14 bits per heavy atom. The van der Waals surface area contributed by atoms with Gasteiger partial charge in [-0.25, -0.2) is 8.42 Å². The Kier molecular flexibility index (Phi) is 9.31. The fraction of sp³-hybridized carbons (Fsp3) is 0.200. The first-order valence-corrected chi connectivity index (χ1v) is 14.0. The van der Waals surface area contributed by atoms with Crippen LogP contribution < -0.4 is 9.62 Å². The number of anilines is 1. The molecule has 3 aromatic rings. The number of hydrogen-bond acceptors (Lipinski definition) is 4. The molecule has 0 saturated carbocycles. The van der Waals surface area contributed by atoms with E-state index in [1.807, 2.05) is 24.3 Å². The average Bonchev–Trinajstić information content (AvgIpc) is 2.87. The molecule has 0 fully saturated rings. The average molecular weight is 670 g/mol. The molecule has 3 aromatic carbocycles. The van der Waals surface area contributed by atoms with Gasteiger partial charge in [0.2, 0.25) is 11.8 Å². The number of nitrogens with zero attached hydrogens (tertiary/aromatic N) is 2. The first-order valence-electron chi connectivity index (χ1n) is 10.7. The SMILES string of the molecule is CNC(=O)C(C)N(Cc1ccc(Br)cc1)C(=O)CN(c1ccc(I)cc1)S(=O)(=O)c1ccccc1. The molecule has 10 heteroatoms. The van der Waals surface area contributed by atoms with E-state index in [1.54, 1.807) is 49.4 Å². The van der Waals surface area contributed by atoms with Gasteiger partial charge in [-0.05, 0) is 83.6 Å². The molecule has 0 aliphatic heterocycles. The number of carbonyl (C=O) groups excluding carboxylic acids is 2. The van der Waals surface area contributed by atoms with Crippen LogP contribution >= 0.6 is 38.5 Å². The summed E-state index contributed by atoms with van der Waals surface area (Å²) >= 11 is 5.53. The normalized spacial score (nSPS) is 12.0. The van der Waals surface area contributed by atoms with Gasteiger partial charge in [0.15, 0.2) is 0 Å². The van der Waals surface area contributed by atoms with Gasteiger partial charge in [-0.1, -0.05) is 46.3 Å². The Labute approximate surface area is 227 Å². The second kappa shape index (κ2) is 12.0. The van der Waals surface area contributed by atoms with Crippen molar-refractivity contribution in [3.05, 3.63) is 92.5 Å². The van der Waals surface area contributed by atoms with Crippen LogP contribution in [0.1, 0.15) is 12.5 Å². The zero-order valence-corrected chi connectivity index (χ0v) is 23.7. The van der Waals surface area contributed by atoms with Gasteiger partial charge < -0.3 is 10.2 Å². The molecule has 0 bridgehead atoms. The minimum absolute atomic E-state index is 0.0742. The predicted octanol–water partition coefficient (Wildman–Crippen LogP) is 4.41. The minimum Gasteiger partial charge on any atom is -0.357 e. The van der Waals surface area contributed by atoms with Crippen molar-refractivity contribution in [3.63, 3.8) is 0 Å². The van der Waals surface area contributed by atoms with E-state index >= 15 is 0 Å². The highest BCUT2D eigenvalue weighted by Crippen LogP contribution is 2.25. The molecule has 0 spiro atoms. The van der Waals surface area contributed by atoms with Crippen LogP contribution in [-0.2, 0) is 26.2 Å². The van der Waals surface area contributed by atoms with Crippen molar-refractivity contribution in [1.29, 1.82) is 0 Å². The molecular formula is C25H25BrIN3O4S. The fourth-order valence-corrected chi connectivity index (χ4v) is 5.49. The molecular weight excluding hydrogens is 645 g/mol. The predicted molar refractivity (Wildman–Crippen MR) is 148 cm³/mol. The van der Waals surface area contributed by atoms with Gasteiger partial charge in [-0.2, -0.15) is 0 Å². The molecule has 1 N–H and O–H groups in total. The lowest BCUT2D eigenvalue weighted by Gasteiger charge is -2.31. The van der Waals surface area contributed by atoms with Crippen molar-refractivity contribution in [3.8, 4) is 0 Å². The van der Waals surface area contributed by atoms with Crippen LogP contribution in [0.3, 0.4) is 0 Å². The van der Waals surface area contributed by atoms with Crippen molar-refractivity contribution in [2.24, 2.45) is 0 Å². The Hall–Kier alpha value is -2.44. The molecule has 1 unspecified atom stereocenters. The van der Waals surface area contributed by atoms with Gasteiger partial charge in [0.1, 0.15) is 12.6 Å². The quantitative estimate of drug-likeness (QED) is 0.342. The smallest absolute Gasteiger partial charge is 0.264 e. The lowest BCUT2D eigenvalue weighted by atomic mass is 10.1. The Balaban J connectivity index is 2.00. The maximum Gasteiger partial charge on any atom is 0.264 e. The standard InChI is InChI=1S/C25H25BrIN3O4S/c1-18(25(32)28-2)29(16-19-8-10-20(26)11-9-19)24(31)17-30(22-14-12-21(27)13-15-22)35(33,34)23-6-4-3-5-7-23/h3-15,18H,16-17H2,1-2H3,(H,28,32). The van der Waals surface area contributed by atoms with Gasteiger partial charge in [-0.15, -0.1) is 0 Å². The number of benzene rings is 3. The Bertz CT molecular complexity index is 1270. The number of hydrogen-bond donors (Lipinski definition) is 1. The summed E-state index contributed by atoms with van der Waals surface area (Å²) in [6, 6.07) is 21.4. The van der Waals surface area contributed by atoms with Crippen LogP contribution in [0.2, 0.25) is 0 Å². The van der Waals surface area contributed by atoms with E-state index in [9.17, 15) is 18.0 Å². The summed E-state index contributed by atoms with van der Waals surface area (Å²) in [4.78, 5) is 27.6. The van der Waals surface area contributed by atoms with Crippen molar-refractivity contribution >= 4 is 66.0 Å². The van der Waals surface area contributed by atoms with Crippen LogP contribution in [0.15, 0.2) is 88.2 Å². The summed E-state index contributed by atoms with van der Waals surface area (Å²) in [5, 5.41) is 2.57. The molecule has 184 valence electrons. The van der Waals surface area contributed by atoms with Crippen LogP contribution in [0.25, 0.3) is 0 Å².